The van der Waals surface area contributed by atoms with Gasteiger partial charge in [0, 0.05) is 30.1 Å². The quantitative estimate of drug-likeness (QED) is 0.815. The molecule has 0 unspecified atom stereocenters. The molecule has 1 aliphatic carbocycles. The standard InChI is InChI=1S/C21H25NO4/c23-21(17-7-8-19-20(13-17)26-11-4-10-25-19)22(14-16-9-12-24-15-16)18-5-2-1-3-6-18/h7-9,12-13,15,18H,1-6,10-11,14H2. The van der Waals surface area contributed by atoms with Gasteiger partial charge in [-0.15, -0.1) is 0 Å². The van der Waals surface area contributed by atoms with E-state index in [2.05, 4.69) is 0 Å². The molecule has 1 aromatic carbocycles. The Labute approximate surface area is 153 Å². The summed E-state index contributed by atoms with van der Waals surface area (Å²) in [6.45, 7) is 1.84. The van der Waals surface area contributed by atoms with Gasteiger partial charge in [-0.3, -0.25) is 4.79 Å². The van der Waals surface area contributed by atoms with Gasteiger partial charge in [-0.2, -0.15) is 0 Å². The molecule has 138 valence electrons. The van der Waals surface area contributed by atoms with Crippen molar-refractivity contribution in [3.05, 3.63) is 47.9 Å². The van der Waals surface area contributed by atoms with E-state index in [9.17, 15) is 4.79 Å². The fourth-order valence-corrected chi connectivity index (χ4v) is 3.80. The number of nitrogens with zero attached hydrogens (tertiary/aromatic N) is 1. The van der Waals surface area contributed by atoms with Gasteiger partial charge in [-0.25, -0.2) is 0 Å². The van der Waals surface area contributed by atoms with Crippen LogP contribution in [0.1, 0.15) is 54.4 Å². The summed E-state index contributed by atoms with van der Waals surface area (Å²) in [4.78, 5) is 15.3. The predicted octanol–water partition coefficient (Wildman–Crippen LogP) is 4.42. The number of carbonyl (C=O) groups excluding carboxylic acids is 1. The van der Waals surface area contributed by atoms with E-state index in [0.29, 0.717) is 31.1 Å². The highest BCUT2D eigenvalue weighted by atomic mass is 16.5. The maximum absolute atomic E-state index is 13.3. The Balaban J connectivity index is 1.59. The summed E-state index contributed by atoms with van der Waals surface area (Å²) in [6.07, 6.45) is 9.98. The van der Waals surface area contributed by atoms with Crippen LogP contribution >= 0.6 is 0 Å². The van der Waals surface area contributed by atoms with E-state index in [1.54, 1.807) is 12.5 Å². The van der Waals surface area contributed by atoms with Crippen molar-refractivity contribution in [1.29, 1.82) is 0 Å². The first kappa shape index (κ1) is 17.0. The summed E-state index contributed by atoms with van der Waals surface area (Å²) in [5.41, 5.74) is 1.68. The molecule has 2 heterocycles. The molecule has 5 nitrogen and oxygen atoms in total. The molecule has 0 spiro atoms. The summed E-state index contributed by atoms with van der Waals surface area (Å²) < 4.78 is 16.6. The molecule has 1 saturated carbocycles. The highest BCUT2D eigenvalue weighted by molar-refractivity contribution is 5.95. The second-order valence-corrected chi connectivity index (χ2v) is 7.07. The molecule has 1 fully saturated rings. The fraction of sp³-hybridized carbons (Fsp3) is 0.476. The lowest BCUT2D eigenvalue weighted by Gasteiger charge is -2.34. The van der Waals surface area contributed by atoms with E-state index in [1.807, 2.05) is 29.2 Å². The number of fused-ring (bicyclic) bond motifs is 1. The van der Waals surface area contributed by atoms with E-state index >= 15 is 0 Å². The van der Waals surface area contributed by atoms with Crippen molar-refractivity contribution < 1.29 is 18.7 Å². The minimum absolute atomic E-state index is 0.0498. The Morgan fingerprint density at radius 2 is 1.81 bits per heavy atom. The highest BCUT2D eigenvalue weighted by Crippen LogP contribution is 2.32. The lowest BCUT2D eigenvalue weighted by Crippen LogP contribution is -2.40. The molecule has 1 amide bonds. The van der Waals surface area contributed by atoms with Crippen molar-refractivity contribution in [2.24, 2.45) is 0 Å². The number of furan rings is 1. The normalized spacial score (nSPS) is 17.5. The third kappa shape index (κ3) is 3.71. The molecular formula is C21H25NO4. The molecule has 0 radical (unpaired) electrons. The summed E-state index contributed by atoms with van der Waals surface area (Å²) in [7, 11) is 0. The maximum atomic E-state index is 13.3. The molecule has 0 atom stereocenters. The van der Waals surface area contributed by atoms with E-state index < -0.39 is 0 Å². The van der Waals surface area contributed by atoms with Crippen LogP contribution in [0.4, 0.5) is 0 Å². The Bertz CT molecular complexity index is 734. The van der Waals surface area contributed by atoms with Gasteiger partial charge in [0.05, 0.1) is 25.7 Å². The van der Waals surface area contributed by atoms with E-state index in [4.69, 9.17) is 13.9 Å². The molecule has 0 bridgehead atoms. The smallest absolute Gasteiger partial charge is 0.254 e. The number of hydrogen-bond donors (Lipinski definition) is 0. The van der Waals surface area contributed by atoms with Gasteiger partial charge in [-0.05, 0) is 37.1 Å². The Morgan fingerprint density at radius 1 is 1.00 bits per heavy atom. The van der Waals surface area contributed by atoms with Gasteiger partial charge in [0.25, 0.3) is 5.91 Å². The van der Waals surface area contributed by atoms with Crippen molar-refractivity contribution in [3.8, 4) is 11.5 Å². The molecular weight excluding hydrogens is 330 g/mol. The van der Waals surface area contributed by atoms with Gasteiger partial charge in [0.2, 0.25) is 0 Å². The van der Waals surface area contributed by atoms with Crippen LogP contribution in [0.5, 0.6) is 11.5 Å². The lowest BCUT2D eigenvalue weighted by molar-refractivity contribution is 0.0613. The number of carbonyl (C=O) groups is 1. The van der Waals surface area contributed by atoms with Gasteiger partial charge >= 0.3 is 0 Å². The predicted molar refractivity (Wildman–Crippen MR) is 97.5 cm³/mol. The summed E-state index contributed by atoms with van der Waals surface area (Å²) in [5.74, 6) is 1.44. The first-order valence-electron chi connectivity index (χ1n) is 9.53. The Hall–Kier alpha value is -2.43. The topological polar surface area (TPSA) is 51.9 Å². The largest absolute Gasteiger partial charge is 0.490 e. The molecule has 5 heteroatoms. The SMILES string of the molecule is O=C(c1ccc2c(c1)OCCCO2)N(Cc1ccoc1)C1CCCCC1. The van der Waals surface area contributed by atoms with E-state index in [0.717, 1.165) is 30.6 Å². The molecule has 2 aromatic rings. The van der Waals surface area contributed by atoms with Crippen molar-refractivity contribution in [1.82, 2.24) is 4.90 Å². The number of rotatable bonds is 4. The number of amides is 1. The van der Waals surface area contributed by atoms with Crippen molar-refractivity contribution in [2.75, 3.05) is 13.2 Å². The summed E-state index contributed by atoms with van der Waals surface area (Å²) in [5, 5.41) is 0. The first-order valence-corrected chi connectivity index (χ1v) is 9.53. The van der Waals surface area contributed by atoms with E-state index in [-0.39, 0.29) is 11.9 Å². The monoisotopic (exact) mass is 355 g/mol. The van der Waals surface area contributed by atoms with Crippen LogP contribution in [0.25, 0.3) is 0 Å². The number of benzene rings is 1. The third-order valence-corrected chi connectivity index (χ3v) is 5.20. The fourth-order valence-electron chi connectivity index (χ4n) is 3.80. The van der Waals surface area contributed by atoms with Crippen molar-refractivity contribution in [3.63, 3.8) is 0 Å². The number of ether oxygens (including phenoxy) is 2. The number of hydrogen-bond acceptors (Lipinski definition) is 4. The minimum atomic E-state index is 0.0498. The zero-order valence-corrected chi connectivity index (χ0v) is 15.0. The molecule has 2 aliphatic rings. The van der Waals surface area contributed by atoms with Gasteiger partial charge in [-0.1, -0.05) is 19.3 Å². The van der Waals surface area contributed by atoms with Crippen molar-refractivity contribution in [2.45, 2.75) is 51.1 Å². The molecule has 1 aromatic heterocycles. The van der Waals surface area contributed by atoms with Crippen LogP contribution in [0, 0.1) is 0 Å². The van der Waals surface area contributed by atoms with Gasteiger partial charge < -0.3 is 18.8 Å². The summed E-state index contributed by atoms with van der Waals surface area (Å²) >= 11 is 0. The molecule has 4 rings (SSSR count). The molecule has 0 saturated heterocycles. The van der Waals surface area contributed by atoms with E-state index in [1.165, 1.54) is 19.3 Å². The minimum Gasteiger partial charge on any atom is -0.490 e. The zero-order valence-electron chi connectivity index (χ0n) is 15.0. The average Bonchev–Trinajstić information content (AvgIpc) is 3.09. The second-order valence-electron chi connectivity index (χ2n) is 7.07. The average molecular weight is 355 g/mol. The van der Waals surface area contributed by atoms with Crippen molar-refractivity contribution >= 4 is 5.91 Å². The lowest BCUT2D eigenvalue weighted by atomic mass is 9.93. The van der Waals surface area contributed by atoms with Crippen LogP contribution < -0.4 is 9.47 Å². The first-order chi connectivity index (χ1) is 12.8. The van der Waals surface area contributed by atoms with Gasteiger partial charge in [0.15, 0.2) is 11.5 Å². The molecule has 26 heavy (non-hydrogen) atoms. The third-order valence-electron chi connectivity index (χ3n) is 5.20. The maximum Gasteiger partial charge on any atom is 0.254 e. The second kappa shape index (κ2) is 7.85. The van der Waals surface area contributed by atoms with Crippen LogP contribution in [-0.2, 0) is 6.54 Å². The van der Waals surface area contributed by atoms with Gasteiger partial charge in [0.1, 0.15) is 0 Å². The van der Waals surface area contributed by atoms with Crippen LogP contribution in [0.3, 0.4) is 0 Å². The highest BCUT2D eigenvalue weighted by Gasteiger charge is 2.27. The molecule has 1 aliphatic heterocycles. The zero-order chi connectivity index (χ0) is 17.8. The summed E-state index contributed by atoms with van der Waals surface area (Å²) in [6, 6.07) is 7.74. The Morgan fingerprint density at radius 3 is 2.58 bits per heavy atom. The van der Waals surface area contributed by atoms with Crippen LogP contribution in [0.2, 0.25) is 0 Å². The Kier molecular flexibility index (Phi) is 5.14. The van der Waals surface area contributed by atoms with Crippen LogP contribution in [0.15, 0.2) is 41.2 Å². The molecule has 0 N–H and O–H groups in total. The van der Waals surface area contributed by atoms with Crippen LogP contribution in [-0.4, -0.2) is 30.1 Å².